The van der Waals surface area contributed by atoms with E-state index >= 15 is 0 Å². The fraction of sp³-hybridized carbons (Fsp3) is 0.645. The Hall–Kier alpha value is -2.88. The van der Waals surface area contributed by atoms with E-state index in [1.54, 1.807) is 4.90 Å². The van der Waals surface area contributed by atoms with E-state index < -0.39 is 35.7 Å². The van der Waals surface area contributed by atoms with Crippen LogP contribution in [0.1, 0.15) is 65.0 Å². The molecule has 10 heteroatoms. The number of benzene rings is 1. The molecule has 4 N–H and O–H groups in total. The Bertz CT molecular complexity index is 1240. The van der Waals surface area contributed by atoms with Crippen LogP contribution < -0.4 is 16.4 Å². The van der Waals surface area contributed by atoms with Gasteiger partial charge in [0.05, 0.1) is 6.04 Å². The van der Waals surface area contributed by atoms with Crippen molar-refractivity contribution in [2.45, 2.75) is 89.6 Å². The SMILES string of the molecule is CC(C)(C)SC(=O)N[C@H](C(=O)N1CC2C([C@H]1C(=O)NC(CC1CC1)C(=O)C(N)=O)C2(C)C)C1Cc2ccccc2C1. The molecule has 41 heavy (non-hydrogen) atoms. The lowest BCUT2D eigenvalue weighted by atomic mass is 9.93. The molecule has 2 saturated carbocycles. The number of carbonyl (C=O) groups excluding carboxylic acids is 5. The number of Topliss-reactive ketones (excluding diaryl/α,β-unsaturated/α-hetero) is 1. The topological polar surface area (TPSA) is 139 Å². The van der Waals surface area contributed by atoms with Crippen LogP contribution in [0, 0.1) is 29.1 Å². The van der Waals surface area contributed by atoms with Crippen molar-refractivity contribution in [3.8, 4) is 0 Å². The maximum absolute atomic E-state index is 14.4. The molecule has 222 valence electrons. The number of hydrogen-bond acceptors (Lipinski definition) is 6. The zero-order valence-electron chi connectivity index (χ0n) is 24.6. The number of primary amides is 1. The molecule has 1 saturated heterocycles. The van der Waals surface area contributed by atoms with Crippen molar-refractivity contribution >= 4 is 40.5 Å². The normalized spacial score (nSPS) is 26.0. The van der Waals surface area contributed by atoms with Crippen LogP contribution in [0.4, 0.5) is 4.79 Å². The van der Waals surface area contributed by atoms with Crippen LogP contribution in [0.3, 0.4) is 0 Å². The van der Waals surface area contributed by atoms with Gasteiger partial charge in [0.1, 0.15) is 12.1 Å². The first-order valence-corrected chi connectivity index (χ1v) is 15.5. The highest BCUT2D eigenvalue weighted by Crippen LogP contribution is 2.65. The second kappa shape index (κ2) is 10.7. The van der Waals surface area contributed by atoms with Crippen molar-refractivity contribution in [1.82, 2.24) is 15.5 Å². The number of nitrogens with two attached hydrogens (primary N) is 1. The lowest BCUT2D eigenvalue weighted by Gasteiger charge is -2.35. The number of amides is 4. The Morgan fingerprint density at radius 1 is 1.05 bits per heavy atom. The van der Waals surface area contributed by atoms with Crippen LogP contribution >= 0.6 is 11.8 Å². The summed E-state index contributed by atoms with van der Waals surface area (Å²) in [5.74, 6) is -2.37. The number of carbonyl (C=O) groups is 5. The highest BCUT2D eigenvalue weighted by molar-refractivity contribution is 8.14. The summed E-state index contributed by atoms with van der Waals surface area (Å²) in [5.41, 5.74) is 7.50. The average molecular weight is 583 g/mol. The fourth-order valence-corrected chi connectivity index (χ4v) is 7.73. The predicted octanol–water partition coefficient (Wildman–Crippen LogP) is 2.83. The molecule has 5 atom stereocenters. The number of fused-ring (bicyclic) bond motifs is 2. The minimum Gasteiger partial charge on any atom is -0.363 e. The van der Waals surface area contributed by atoms with Crippen molar-refractivity contribution < 1.29 is 24.0 Å². The maximum Gasteiger partial charge on any atom is 0.287 e. The number of likely N-dealkylation sites (tertiary alicyclic amines) is 1. The maximum atomic E-state index is 14.4. The number of thioether (sulfide) groups is 1. The van der Waals surface area contributed by atoms with Gasteiger partial charge in [-0.15, -0.1) is 0 Å². The van der Waals surface area contributed by atoms with Gasteiger partial charge in [0.15, 0.2) is 0 Å². The molecule has 1 aromatic rings. The monoisotopic (exact) mass is 582 g/mol. The van der Waals surface area contributed by atoms with E-state index in [-0.39, 0.29) is 45.0 Å². The zero-order chi connectivity index (χ0) is 29.9. The Labute approximate surface area is 246 Å². The highest BCUT2D eigenvalue weighted by atomic mass is 32.2. The minimum absolute atomic E-state index is 0.0715. The van der Waals surface area contributed by atoms with Gasteiger partial charge in [-0.2, -0.15) is 0 Å². The summed E-state index contributed by atoms with van der Waals surface area (Å²) in [5, 5.41) is 5.57. The van der Waals surface area contributed by atoms with Crippen LogP contribution in [0.25, 0.3) is 0 Å². The van der Waals surface area contributed by atoms with Crippen LogP contribution in [0.5, 0.6) is 0 Å². The molecular formula is C31H42N4O5S. The van der Waals surface area contributed by atoms with Crippen molar-refractivity contribution in [2.24, 2.45) is 34.8 Å². The van der Waals surface area contributed by atoms with Crippen LogP contribution in [0.2, 0.25) is 0 Å². The zero-order valence-corrected chi connectivity index (χ0v) is 25.4. The average Bonchev–Trinajstić information content (AvgIpc) is 3.63. The van der Waals surface area contributed by atoms with Crippen LogP contribution in [-0.2, 0) is 32.0 Å². The molecule has 1 aliphatic heterocycles. The van der Waals surface area contributed by atoms with Crippen molar-refractivity contribution in [1.29, 1.82) is 0 Å². The number of nitrogens with zero attached hydrogens (tertiary/aromatic N) is 1. The van der Waals surface area contributed by atoms with E-state index in [9.17, 15) is 24.0 Å². The number of piperidine rings is 1. The third-order valence-corrected chi connectivity index (χ3v) is 10.3. The Morgan fingerprint density at radius 2 is 1.66 bits per heavy atom. The van der Waals surface area contributed by atoms with Gasteiger partial charge in [-0.1, -0.05) is 83.5 Å². The molecular weight excluding hydrogens is 540 g/mol. The summed E-state index contributed by atoms with van der Waals surface area (Å²) >= 11 is 1.15. The molecule has 3 unspecified atom stereocenters. The Morgan fingerprint density at radius 3 is 2.20 bits per heavy atom. The van der Waals surface area contributed by atoms with Gasteiger partial charge in [-0.05, 0) is 59.5 Å². The number of hydrogen-bond donors (Lipinski definition) is 3. The Balaban J connectivity index is 1.39. The van der Waals surface area contributed by atoms with Gasteiger partial charge in [0, 0.05) is 11.3 Å². The largest absolute Gasteiger partial charge is 0.363 e. The summed E-state index contributed by atoms with van der Waals surface area (Å²) in [6.45, 7) is 10.4. The quantitative estimate of drug-likeness (QED) is 0.383. The first kappa shape index (κ1) is 29.6. The van der Waals surface area contributed by atoms with Gasteiger partial charge in [0.25, 0.3) is 11.1 Å². The van der Waals surface area contributed by atoms with Crippen LogP contribution in [0.15, 0.2) is 24.3 Å². The molecule has 1 aromatic carbocycles. The standard InChI is InChI=1S/C31H42N4O5S/c1-30(2,3)41-29(40)34-23(19-13-17-8-6-7-9-18(17)14-19)28(39)35-15-20-22(31(20,4)5)24(35)27(38)33-21(12-16-10-11-16)25(36)26(32)37/h6-9,16,19-24H,10-15H2,1-5H3,(H2,32,37)(H,33,38)(H,34,40)/t20?,21?,22?,23-,24-/m0/s1. The first-order valence-electron chi connectivity index (χ1n) is 14.7. The second-order valence-electron chi connectivity index (χ2n) is 13.9. The minimum atomic E-state index is -1.07. The van der Waals surface area contributed by atoms with Gasteiger partial charge >= 0.3 is 0 Å². The molecule has 0 aromatic heterocycles. The molecule has 3 aliphatic carbocycles. The third-order valence-electron chi connectivity index (χ3n) is 9.39. The van der Waals surface area contributed by atoms with Crippen molar-refractivity contribution in [3.63, 3.8) is 0 Å². The summed E-state index contributed by atoms with van der Waals surface area (Å²) < 4.78 is -0.332. The van der Waals surface area contributed by atoms with Crippen molar-refractivity contribution in [3.05, 3.63) is 35.4 Å². The highest BCUT2D eigenvalue weighted by Gasteiger charge is 2.69. The summed E-state index contributed by atoms with van der Waals surface area (Å²) in [7, 11) is 0. The molecule has 0 spiro atoms. The van der Waals surface area contributed by atoms with Crippen molar-refractivity contribution in [2.75, 3.05) is 6.54 Å². The predicted molar refractivity (Wildman–Crippen MR) is 157 cm³/mol. The van der Waals surface area contributed by atoms with Gasteiger partial charge < -0.3 is 21.3 Å². The molecule has 1 heterocycles. The smallest absolute Gasteiger partial charge is 0.287 e. The molecule has 3 fully saturated rings. The van der Waals surface area contributed by atoms with E-state index in [1.807, 2.05) is 32.9 Å². The van der Waals surface area contributed by atoms with E-state index in [1.165, 1.54) is 11.1 Å². The fourth-order valence-electron chi connectivity index (χ4n) is 6.98. The third kappa shape index (κ3) is 6.17. The first-order chi connectivity index (χ1) is 19.2. The lowest BCUT2D eigenvalue weighted by Crippen LogP contribution is -2.59. The van der Waals surface area contributed by atoms with E-state index in [2.05, 4.69) is 36.6 Å². The second-order valence-corrected chi connectivity index (χ2v) is 15.7. The molecule has 0 radical (unpaired) electrons. The Kier molecular flexibility index (Phi) is 7.76. The molecule has 4 amide bonds. The molecule has 4 aliphatic rings. The number of ketones is 1. The lowest BCUT2D eigenvalue weighted by molar-refractivity contribution is -0.144. The van der Waals surface area contributed by atoms with E-state index in [0.29, 0.717) is 25.8 Å². The summed E-state index contributed by atoms with van der Waals surface area (Å²) in [6.07, 6.45) is 3.58. The molecule has 9 nitrogen and oxygen atoms in total. The number of rotatable bonds is 9. The number of nitrogens with one attached hydrogen (secondary N) is 2. The summed E-state index contributed by atoms with van der Waals surface area (Å²) in [6, 6.07) is 5.50. The van der Waals surface area contributed by atoms with Gasteiger partial charge in [-0.25, -0.2) is 0 Å². The van der Waals surface area contributed by atoms with E-state index in [0.717, 1.165) is 24.6 Å². The molecule has 0 bridgehead atoms. The molecule has 5 rings (SSSR count). The van der Waals surface area contributed by atoms with Crippen LogP contribution in [-0.4, -0.2) is 63.1 Å². The van der Waals surface area contributed by atoms with Gasteiger partial charge in [-0.3, -0.25) is 24.0 Å². The van der Waals surface area contributed by atoms with Gasteiger partial charge in [0.2, 0.25) is 17.6 Å². The summed E-state index contributed by atoms with van der Waals surface area (Å²) in [4.78, 5) is 67.3. The van der Waals surface area contributed by atoms with E-state index in [4.69, 9.17) is 5.73 Å².